The van der Waals surface area contributed by atoms with Gasteiger partial charge in [-0.05, 0) is 31.0 Å². The summed E-state index contributed by atoms with van der Waals surface area (Å²) in [6, 6.07) is 3.63. The monoisotopic (exact) mass is 294 g/mol. The maximum atomic E-state index is 12.0. The summed E-state index contributed by atoms with van der Waals surface area (Å²) in [6.07, 6.45) is -0.173. The van der Waals surface area contributed by atoms with Gasteiger partial charge in [-0.25, -0.2) is 4.79 Å². The second-order valence-electron chi connectivity index (χ2n) is 4.55. The van der Waals surface area contributed by atoms with Crippen molar-refractivity contribution in [1.82, 2.24) is 5.32 Å². The van der Waals surface area contributed by atoms with E-state index >= 15 is 0 Å². The highest BCUT2D eigenvalue weighted by Gasteiger charge is 2.21. The highest BCUT2D eigenvalue weighted by molar-refractivity contribution is 5.97. The summed E-state index contributed by atoms with van der Waals surface area (Å²) in [4.78, 5) is 33.8. The van der Waals surface area contributed by atoms with E-state index in [1.807, 2.05) is 6.92 Å². The van der Waals surface area contributed by atoms with Gasteiger partial charge in [-0.2, -0.15) is 0 Å². The van der Waals surface area contributed by atoms with Crippen LogP contribution in [0.25, 0.3) is 0 Å². The number of carbonyl (C=O) groups is 3. The molecule has 114 valence electrons. The first-order valence-corrected chi connectivity index (χ1v) is 6.31. The van der Waals surface area contributed by atoms with Gasteiger partial charge in [0.1, 0.15) is 11.8 Å². The minimum absolute atomic E-state index is 0.0561. The Balaban J connectivity index is 2.81. The molecule has 1 aromatic rings. The molecule has 7 heteroatoms. The number of rotatable bonds is 7. The Morgan fingerprint density at radius 2 is 2.05 bits per heavy atom. The number of nitrogens with two attached hydrogens (primary N) is 1. The summed E-state index contributed by atoms with van der Waals surface area (Å²) in [5.41, 5.74) is 6.12. The third-order valence-electron chi connectivity index (χ3n) is 2.95. The molecule has 0 aromatic heterocycles. The van der Waals surface area contributed by atoms with Crippen LogP contribution in [0.4, 0.5) is 0 Å². The first-order valence-electron chi connectivity index (χ1n) is 6.31. The summed E-state index contributed by atoms with van der Waals surface area (Å²) in [7, 11) is 1.48. The van der Waals surface area contributed by atoms with Crippen molar-refractivity contribution in [1.29, 1.82) is 0 Å². The quantitative estimate of drug-likeness (QED) is 0.674. The number of ether oxygens (including phenoxy) is 1. The van der Waals surface area contributed by atoms with Crippen molar-refractivity contribution < 1.29 is 24.2 Å². The molecule has 0 bridgehead atoms. The molecule has 1 aromatic carbocycles. The van der Waals surface area contributed by atoms with Crippen molar-refractivity contribution in [2.24, 2.45) is 5.73 Å². The molecule has 2 amide bonds. The normalized spacial score (nSPS) is 11.5. The topological polar surface area (TPSA) is 119 Å². The molecule has 0 saturated carbocycles. The van der Waals surface area contributed by atoms with Crippen LogP contribution in [0.15, 0.2) is 18.2 Å². The number of nitrogens with one attached hydrogen (secondary N) is 1. The Morgan fingerprint density at radius 1 is 1.38 bits per heavy atom. The van der Waals surface area contributed by atoms with Crippen LogP contribution in [0.2, 0.25) is 0 Å². The molecule has 0 aliphatic heterocycles. The number of amides is 2. The van der Waals surface area contributed by atoms with E-state index in [1.54, 1.807) is 12.1 Å². The number of aliphatic carboxylic acids is 1. The first-order chi connectivity index (χ1) is 9.85. The van der Waals surface area contributed by atoms with E-state index < -0.39 is 23.8 Å². The molecular weight excluding hydrogens is 276 g/mol. The number of benzene rings is 1. The van der Waals surface area contributed by atoms with E-state index in [-0.39, 0.29) is 18.4 Å². The van der Waals surface area contributed by atoms with Crippen molar-refractivity contribution in [3.8, 4) is 5.75 Å². The van der Waals surface area contributed by atoms with Crippen molar-refractivity contribution in [2.45, 2.75) is 25.8 Å². The van der Waals surface area contributed by atoms with E-state index in [9.17, 15) is 14.4 Å². The van der Waals surface area contributed by atoms with Gasteiger partial charge in [-0.15, -0.1) is 0 Å². The fourth-order valence-electron chi connectivity index (χ4n) is 1.75. The molecule has 0 radical (unpaired) electrons. The summed E-state index contributed by atoms with van der Waals surface area (Å²) >= 11 is 0. The number of methoxy groups -OCH3 is 1. The summed E-state index contributed by atoms with van der Waals surface area (Å²) in [6.45, 7) is 1.83. The number of carboxylic acid groups (broad SMARTS) is 1. The summed E-state index contributed by atoms with van der Waals surface area (Å²) < 4.78 is 5.11. The van der Waals surface area contributed by atoms with Crippen LogP contribution in [0.1, 0.15) is 28.8 Å². The predicted octanol–water partition coefficient (Wildman–Crippen LogP) is 0.452. The van der Waals surface area contributed by atoms with Gasteiger partial charge in [0.05, 0.1) is 7.11 Å². The zero-order valence-electron chi connectivity index (χ0n) is 11.9. The van der Waals surface area contributed by atoms with E-state index in [2.05, 4.69) is 5.32 Å². The van der Waals surface area contributed by atoms with Crippen LogP contribution < -0.4 is 15.8 Å². The van der Waals surface area contributed by atoms with Gasteiger partial charge >= 0.3 is 5.97 Å². The Kier molecular flexibility index (Phi) is 5.71. The highest BCUT2D eigenvalue weighted by atomic mass is 16.5. The third-order valence-corrected chi connectivity index (χ3v) is 2.95. The van der Waals surface area contributed by atoms with Crippen molar-refractivity contribution in [3.63, 3.8) is 0 Å². The zero-order valence-corrected chi connectivity index (χ0v) is 11.9. The van der Waals surface area contributed by atoms with Gasteiger partial charge in [0, 0.05) is 12.0 Å². The molecule has 1 rings (SSSR count). The maximum Gasteiger partial charge on any atom is 0.326 e. The lowest BCUT2D eigenvalue weighted by Crippen LogP contribution is -2.41. The molecule has 0 heterocycles. The van der Waals surface area contributed by atoms with Crippen molar-refractivity contribution in [3.05, 3.63) is 29.3 Å². The molecule has 0 unspecified atom stereocenters. The summed E-state index contributed by atoms with van der Waals surface area (Å²) in [5.74, 6) is -1.85. The number of carbonyl (C=O) groups excluding carboxylic acids is 2. The standard InChI is InChI=1S/C14H18N2O5/c1-8-3-4-9(7-11(8)21-2)13(18)16-10(14(19)20)5-6-12(15)17/h3-4,7,10H,5-6H2,1-2H3,(H2,15,17)(H,16,18)(H,19,20)/t10-/m1/s1. The molecule has 1 atom stereocenters. The van der Waals surface area contributed by atoms with Crippen LogP contribution in [0.3, 0.4) is 0 Å². The average Bonchev–Trinajstić information content (AvgIpc) is 2.43. The van der Waals surface area contributed by atoms with E-state index in [4.69, 9.17) is 15.6 Å². The second kappa shape index (κ2) is 7.28. The molecule has 0 aliphatic rings. The number of aryl methyl sites for hydroxylation is 1. The Labute approximate surface area is 122 Å². The molecule has 7 nitrogen and oxygen atoms in total. The van der Waals surface area contributed by atoms with Crippen LogP contribution >= 0.6 is 0 Å². The Morgan fingerprint density at radius 3 is 2.57 bits per heavy atom. The van der Waals surface area contributed by atoms with Gasteiger partial charge < -0.3 is 20.9 Å². The van der Waals surface area contributed by atoms with Crippen LogP contribution in [0.5, 0.6) is 5.75 Å². The van der Waals surface area contributed by atoms with Crippen LogP contribution in [-0.2, 0) is 9.59 Å². The Bertz CT molecular complexity index is 556. The maximum absolute atomic E-state index is 12.0. The average molecular weight is 294 g/mol. The van der Waals surface area contributed by atoms with Gasteiger partial charge in [0.25, 0.3) is 5.91 Å². The molecule has 0 spiro atoms. The molecule has 0 aliphatic carbocycles. The smallest absolute Gasteiger partial charge is 0.326 e. The largest absolute Gasteiger partial charge is 0.496 e. The minimum Gasteiger partial charge on any atom is -0.496 e. The van der Waals surface area contributed by atoms with Gasteiger partial charge in [0.2, 0.25) is 5.91 Å². The summed E-state index contributed by atoms with van der Waals surface area (Å²) in [5, 5.41) is 11.4. The molecule has 0 saturated heterocycles. The SMILES string of the molecule is COc1cc(C(=O)N[C@H](CCC(N)=O)C(=O)O)ccc1C. The number of primary amides is 1. The zero-order chi connectivity index (χ0) is 16.0. The minimum atomic E-state index is -1.22. The number of carboxylic acids is 1. The van der Waals surface area contributed by atoms with Gasteiger partial charge in [-0.1, -0.05) is 6.07 Å². The lowest BCUT2D eigenvalue weighted by atomic mass is 10.1. The fraction of sp³-hybridized carbons (Fsp3) is 0.357. The number of hydrogen-bond acceptors (Lipinski definition) is 4. The Hall–Kier alpha value is -2.57. The lowest BCUT2D eigenvalue weighted by Gasteiger charge is -2.14. The second-order valence-corrected chi connectivity index (χ2v) is 4.55. The van der Waals surface area contributed by atoms with E-state index in [0.29, 0.717) is 5.75 Å². The molecule has 4 N–H and O–H groups in total. The van der Waals surface area contributed by atoms with Crippen LogP contribution in [-0.4, -0.2) is 36.0 Å². The van der Waals surface area contributed by atoms with E-state index in [0.717, 1.165) is 5.56 Å². The lowest BCUT2D eigenvalue weighted by molar-refractivity contribution is -0.139. The molecule has 0 fully saturated rings. The molecule has 21 heavy (non-hydrogen) atoms. The van der Waals surface area contributed by atoms with Crippen molar-refractivity contribution >= 4 is 17.8 Å². The van der Waals surface area contributed by atoms with Crippen molar-refractivity contribution in [2.75, 3.05) is 7.11 Å². The number of hydrogen-bond donors (Lipinski definition) is 3. The fourth-order valence-corrected chi connectivity index (χ4v) is 1.75. The first kappa shape index (κ1) is 16.5. The molecular formula is C14H18N2O5. The van der Waals surface area contributed by atoms with Gasteiger partial charge in [-0.3, -0.25) is 9.59 Å². The highest BCUT2D eigenvalue weighted by Crippen LogP contribution is 2.19. The van der Waals surface area contributed by atoms with E-state index in [1.165, 1.54) is 13.2 Å². The third kappa shape index (κ3) is 4.79. The predicted molar refractivity (Wildman–Crippen MR) is 75.0 cm³/mol. The van der Waals surface area contributed by atoms with Crippen LogP contribution in [0, 0.1) is 6.92 Å². The van der Waals surface area contributed by atoms with Gasteiger partial charge in [0.15, 0.2) is 0 Å².